The average molecular weight is 214 g/mol. The number of nitro groups is 1. The molecule has 0 atom stereocenters. The van der Waals surface area contributed by atoms with E-state index in [0.717, 1.165) is 0 Å². The van der Waals surface area contributed by atoms with E-state index in [1.807, 2.05) is 0 Å². The Labute approximate surface area is 91.9 Å². The van der Waals surface area contributed by atoms with Gasteiger partial charge in [0.1, 0.15) is 5.75 Å². The summed E-state index contributed by atoms with van der Waals surface area (Å²) in [6.07, 6.45) is 0. The van der Waals surface area contributed by atoms with E-state index >= 15 is 0 Å². The third-order valence-electron chi connectivity index (χ3n) is 2.21. The highest BCUT2D eigenvalue weighted by Gasteiger charge is 2.15. The normalized spacial score (nSPS) is 10.0. The van der Waals surface area contributed by atoms with E-state index in [9.17, 15) is 15.2 Å². The number of rotatable bonds is 2. The van der Waals surface area contributed by atoms with E-state index in [4.69, 9.17) is 0 Å². The van der Waals surface area contributed by atoms with E-state index in [1.165, 1.54) is 18.2 Å². The third kappa shape index (κ3) is 1.86. The first-order chi connectivity index (χ1) is 7.68. The van der Waals surface area contributed by atoms with Gasteiger partial charge in [0.05, 0.1) is 10.5 Å². The van der Waals surface area contributed by atoms with Gasteiger partial charge in [0, 0.05) is 6.07 Å². The molecule has 0 spiro atoms. The summed E-state index contributed by atoms with van der Waals surface area (Å²) in [5, 5.41) is 20.2. The Hall–Kier alpha value is -2.36. The number of nitrogens with zero attached hydrogens (tertiary/aromatic N) is 1. The van der Waals surface area contributed by atoms with Crippen molar-refractivity contribution in [1.29, 1.82) is 0 Å². The van der Waals surface area contributed by atoms with E-state index in [0.29, 0.717) is 11.1 Å². The second-order valence-corrected chi connectivity index (χ2v) is 3.25. The molecule has 2 aromatic rings. The molecule has 0 amide bonds. The molecule has 0 aliphatic rings. The zero-order chi connectivity index (χ0) is 11.5. The van der Waals surface area contributed by atoms with E-state index in [-0.39, 0.29) is 11.4 Å². The zero-order valence-electron chi connectivity index (χ0n) is 8.25. The number of hydrogen-bond acceptors (Lipinski definition) is 3. The van der Waals surface area contributed by atoms with Crippen LogP contribution in [0.2, 0.25) is 0 Å². The van der Waals surface area contributed by atoms with Crippen LogP contribution in [0.5, 0.6) is 5.75 Å². The number of nitro benzene ring substituents is 1. The smallest absolute Gasteiger partial charge is 0.277 e. The molecule has 4 heteroatoms. The predicted molar refractivity (Wildman–Crippen MR) is 59.0 cm³/mol. The van der Waals surface area contributed by atoms with E-state index in [2.05, 4.69) is 6.07 Å². The molecule has 0 heterocycles. The lowest BCUT2D eigenvalue weighted by Gasteiger charge is -2.03. The Balaban J connectivity index is 2.63. The monoisotopic (exact) mass is 214 g/mol. The van der Waals surface area contributed by atoms with Crippen molar-refractivity contribution in [3.8, 4) is 16.9 Å². The van der Waals surface area contributed by atoms with Crippen LogP contribution in [-0.2, 0) is 0 Å². The molecule has 0 fully saturated rings. The zero-order valence-corrected chi connectivity index (χ0v) is 8.25. The van der Waals surface area contributed by atoms with Crippen LogP contribution in [0.15, 0.2) is 42.5 Å². The molecule has 0 bridgehead atoms. The highest BCUT2D eigenvalue weighted by Crippen LogP contribution is 2.32. The van der Waals surface area contributed by atoms with Crippen molar-refractivity contribution in [1.82, 2.24) is 0 Å². The molecule has 0 aliphatic heterocycles. The van der Waals surface area contributed by atoms with Crippen molar-refractivity contribution in [3.05, 3.63) is 58.6 Å². The van der Waals surface area contributed by atoms with Gasteiger partial charge in [0.2, 0.25) is 0 Å². The standard InChI is InChI=1S/C12H8NO3/c14-10-6-7-12(13(15)16)11(8-10)9-4-2-1-3-5-9/h2-8,14H. The van der Waals surface area contributed by atoms with Gasteiger partial charge in [-0.05, 0) is 23.8 Å². The van der Waals surface area contributed by atoms with Crippen molar-refractivity contribution < 1.29 is 10.0 Å². The summed E-state index contributed by atoms with van der Waals surface area (Å²) in [4.78, 5) is 10.4. The molecule has 0 saturated heterocycles. The minimum Gasteiger partial charge on any atom is -0.508 e. The van der Waals surface area contributed by atoms with Crippen molar-refractivity contribution in [2.75, 3.05) is 0 Å². The van der Waals surface area contributed by atoms with Crippen LogP contribution < -0.4 is 0 Å². The summed E-state index contributed by atoms with van der Waals surface area (Å²) in [5.74, 6) is 0.00781. The molecular formula is C12H8NO3. The fourth-order valence-corrected chi connectivity index (χ4v) is 1.48. The van der Waals surface area contributed by atoms with Crippen LogP contribution in [0.3, 0.4) is 0 Å². The van der Waals surface area contributed by atoms with Gasteiger partial charge in [0.25, 0.3) is 5.69 Å². The lowest BCUT2D eigenvalue weighted by molar-refractivity contribution is -0.384. The maximum Gasteiger partial charge on any atom is 0.277 e. The molecule has 16 heavy (non-hydrogen) atoms. The summed E-state index contributed by atoms with van der Waals surface area (Å²) in [6.45, 7) is 0. The summed E-state index contributed by atoms with van der Waals surface area (Å²) in [7, 11) is 0. The van der Waals surface area contributed by atoms with Crippen LogP contribution in [0.4, 0.5) is 5.69 Å². The Kier molecular flexibility index (Phi) is 2.55. The van der Waals surface area contributed by atoms with E-state index in [1.54, 1.807) is 24.3 Å². The van der Waals surface area contributed by atoms with Crippen LogP contribution in [0.1, 0.15) is 0 Å². The van der Waals surface area contributed by atoms with Gasteiger partial charge in [-0.15, -0.1) is 0 Å². The van der Waals surface area contributed by atoms with Crippen LogP contribution in [0.25, 0.3) is 11.1 Å². The summed E-state index contributed by atoms with van der Waals surface area (Å²) >= 11 is 0. The van der Waals surface area contributed by atoms with Gasteiger partial charge >= 0.3 is 0 Å². The SMILES string of the molecule is O=[N+]([O-])c1ccc(O)cc1-c1cc[c]cc1. The van der Waals surface area contributed by atoms with Crippen molar-refractivity contribution >= 4 is 5.69 Å². The fraction of sp³-hybridized carbons (Fsp3) is 0. The van der Waals surface area contributed by atoms with Gasteiger partial charge in [-0.25, -0.2) is 0 Å². The molecule has 0 saturated carbocycles. The Morgan fingerprint density at radius 3 is 2.50 bits per heavy atom. The molecule has 2 rings (SSSR count). The van der Waals surface area contributed by atoms with Gasteiger partial charge in [0.15, 0.2) is 0 Å². The third-order valence-corrected chi connectivity index (χ3v) is 2.21. The Morgan fingerprint density at radius 1 is 1.19 bits per heavy atom. The molecule has 1 N–H and O–H groups in total. The molecule has 2 aromatic carbocycles. The largest absolute Gasteiger partial charge is 0.508 e. The Morgan fingerprint density at radius 2 is 1.88 bits per heavy atom. The van der Waals surface area contributed by atoms with Crippen LogP contribution in [0, 0.1) is 16.2 Å². The van der Waals surface area contributed by atoms with Crippen molar-refractivity contribution in [2.45, 2.75) is 0 Å². The second kappa shape index (κ2) is 4.02. The number of aromatic hydroxyl groups is 1. The molecule has 79 valence electrons. The first-order valence-corrected chi connectivity index (χ1v) is 4.62. The Bertz CT molecular complexity index is 523. The first-order valence-electron chi connectivity index (χ1n) is 4.62. The molecule has 0 aliphatic carbocycles. The molecule has 0 unspecified atom stereocenters. The predicted octanol–water partition coefficient (Wildman–Crippen LogP) is 2.77. The first kappa shape index (κ1) is 10.2. The molecule has 4 nitrogen and oxygen atoms in total. The topological polar surface area (TPSA) is 63.4 Å². The van der Waals surface area contributed by atoms with Gasteiger partial charge in [-0.1, -0.05) is 24.3 Å². The number of phenols is 1. The molecule has 1 radical (unpaired) electrons. The van der Waals surface area contributed by atoms with Crippen molar-refractivity contribution in [2.24, 2.45) is 0 Å². The van der Waals surface area contributed by atoms with Crippen LogP contribution >= 0.6 is 0 Å². The minimum atomic E-state index is -0.467. The second-order valence-electron chi connectivity index (χ2n) is 3.25. The maximum absolute atomic E-state index is 10.8. The van der Waals surface area contributed by atoms with Gasteiger partial charge in [-0.2, -0.15) is 0 Å². The number of phenolic OH excluding ortho intramolecular Hbond substituents is 1. The van der Waals surface area contributed by atoms with Gasteiger partial charge < -0.3 is 5.11 Å². The van der Waals surface area contributed by atoms with Crippen LogP contribution in [-0.4, -0.2) is 10.0 Å². The quantitative estimate of drug-likeness (QED) is 0.617. The fourth-order valence-electron chi connectivity index (χ4n) is 1.48. The lowest BCUT2D eigenvalue weighted by Crippen LogP contribution is -1.91. The van der Waals surface area contributed by atoms with Crippen molar-refractivity contribution in [3.63, 3.8) is 0 Å². The lowest BCUT2D eigenvalue weighted by atomic mass is 10.0. The summed E-state index contributed by atoms with van der Waals surface area (Å²) in [5.41, 5.74) is 1.06. The highest BCUT2D eigenvalue weighted by molar-refractivity contribution is 5.74. The highest BCUT2D eigenvalue weighted by atomic mass is 16.6. The summed E-state index contributed by atoms with van der Waals surface area (Å²) in [6, 6.07) is 13.6. The minimum absolute atomic E-state index is 0.00781. The maximum atomic E-state index is 10.8. The average Bonchev–Trinajstić information content (AvgIpc) is 2.29. The summed E-state index contributed by atoms with van der Waals surface area (Å²) < 4.78 is 0. The molecular weight excluding hydrogens is 206 g/mol. The number of benzene rings is 2. The molecule has 0 aromatic heterocycles. The van der Waals surface area contributed by atoms with Gasteiger partial charge in [-0.3, -0.25) is 10.1 Å². The van der Waals surface area contributed by atoms with E-state index < -0.39 is 4.92 Å². The number of hydrogen-bond donors (Lipinski definition) is 1.